The molecule has 0 aliphatic heterocycles. The summed E-state index contributed by atoms with van der Waals surface area (Å²) < 4.78 is 91.0. The number of carboxylic acid groups (broad SMARTS) is 1. The molecule has 4 rings (SSSR count). The number of rotatable bonds is 6. The molecule has 4 aromatic rings. The van der Waals surface area contributed by atoms with Gasteiger partial charge in [-0.05, 0) is 41.5 Å². The van der Waals surface area contributed by atoms with Gasteiger partial charge < -0.3 is 14.9 Å². The minimum Gasteiger partial charge on any atom is -0.478 e. The van der Waals surface area contributed by atoms with Crippen LogP contribution in [-0.2, 0) is 25.9 Å². The number of benzene rings is 2. The Kier molecular flexibility index (Phi) is 7.37. The average molecular weight is 604 g/mol. The van der Waals surface area contributed by atoms with Gasteiger partial charge in [0.05, 0.1) is 16.6 Å². The molecule has 0 aliphatic rings. The van der Waals surface area contributed by atoms with Crippen molar-refractivity contribution >= 4 is 28.6 Å². The monoisotopic (exact) mass is 603 g/mol. The van der Waals surface area contributed by atoms with Gasteiger partial charge in [0, 0.05) is 31.1 Å². The smallest absolute Gasteiger partial charge is 0.434 e. The fraction of sp³-hybridized carbons (Fsp3) is 0.269. The van der Waals surface area contributed by atoms with Crippen LogP contribution in [0.2, 0.25) is 5.02 Å². The second-order valence-electron chi connectivity index (χ2n) is 9.22. The first-order valence-electron chi connectivity index (χ1n) is 11.6. The van der Waals surface area contributed by atoms with E-state index in [1.807, 2.05) is 0 Å². The van der Waals surface area contributed by atoms with Crippen molar-refractivity contribution in [2.45, 2.75) is 30.8 Å². The van der Waals surface area contributed by atoms with E-state index in [1.165, 1.54) is 24.7 Å². The van der Waals surface area contributed by atoms with Crippen LogP contribution in [0.4, 0.5) is 26.3 Å². The van der Waals surface area contributed by atoms with Crippen LogP contribution in [0, 0.1) is 0 Å². The Morgan fingerprint density at radius 3 is 2.17 bits per heavy atom. The lowest BCUT2D eigenvalue weighted by Crippen LogP contribution is -2.46. The first-order chi connectivity index (χ1) is 18.9. The molecular formula is C26H20ClF6N3O5. The summed E-state index contributed by atoms with van der Waals surface area (Å²) in [6.45, 7) is 1.09. The first kappa shape index (κ1) is 29.9. The molecule has 2 atom stereocenters. The lowest BCUT2D eigenvalue weighted by Gasteiger charge is -2.37. The minimum atomic E-state index is -5.21. The van der Waals surface area contributed by atoms with E-state index in [1.54, 1.807) is 0 Å². The standard InChI is InChI=1S/C26H20ClF6N3O5/c1-12(24(40,26(31,32)33)13-4-8-18-19(10-13)36(3)23(39)35(18)2)15-6-5-14(11-17(15)27)41-20-9-7-16(22(37)38)21(34-20)25(28,29)30/h4-12,40H,1-3H3,(H,37,38)/t12-,24-/m0/s1. The SMILES string of the molecule is C[C@@H](c1ccc(Oc2ccc(C(=O)O)c(C(F)(F)F)n2)cc1Cl)[C@](O)(c1ccc2c(c1)n(C)c(=O)n2C)C(F)(F)F. The van der Waals surface area contributed by atoms with Gasteiger partial charge in [-0.1, -0.05) is 30.7 Å². The highest BCUT2D eigenvalue weighted by atomic mass is 35.5. The molecule has 2 heterocycles. The molecule has 0 saturated carbocycles. The van der Waals surface area contributed by atoms with E-state index in [4.69, 9.17) is 21.4 Å². The number of carboxylic acids is 1. The minimum absolute atomic E-state index is 0.152. The van der Waals surface area contributed by atoms with Gasteiger partial charge in [0.2, 0.25) is 5.88 Å². The number of aryl methyl sites for hydroxylation is 2. The van der Waals surface area contributed by atoms with Crippen LogP contribution in [0.3, 0.4) is 0 Å². The van der Waals surface area contributed by atoms with Gasteiger partial charge in [-0.3, -0.25) is 9.13 Å². The Balaban J connectivity index is 1.73. The molecule has 15 heteroatoms. The molecule has 8 nitrogen and oxygen atoms in total. The van der Waals surface area contributed by atoms with E-state index in [0.29, 0.717) is 11.6 Å². The molecule has 0 bridgehead atoms. The van der Waals surface area contributed by atoms with Crippen LogP contribution >= 0.6 is 11.6 Å². The topological polar surface area (TPSA) is 107 Å². The van der Waals surface area contributed by atoms with Crippen LogP contribution < -0.4 is 10.4 Å². The first-order valence-corrected chi connectivity index (χ1v) is 12.0. The van der Waals surface area contributed by atoms with E-state index in [9.17, 15) is 41.0 Å². The molecule has 0 aliphatic carbocycles. The van der Waals surface area contributed by atoms with Crippen molar-refractivity contribution in [1.29, 1.82) is 0 Å². The molecule has 0 unspecified atom stereocenters. The van der Waals surface area contributed by atoms with Crippen LogP contribution in [0.5, 0.6) is 11.6 Å². The molecule has 0 amide bonds. The fourth-order valence-electron chi connectivity index (χ4n) is 4.56. The number of aliphatic hydroxyl groups is 1. The third kappa shape index (κ3) is 5.12. The molecule has 41 heavy (non-hydrogen) atoms. The summed E-state index contributed by atoms with van der Waals surface area (Å²) in [6, 6.07) is 8.16. The maximum Gasteiger partial charge on any atom is 0.434 e. The van der Waals surface area contributed by atoms with Crippen LogP contribution in [-0.4, -0.2) is 36.5 Å². The fourth-order valence-corrected chi connectivity index (χ4v) is 4.89. The normalized spacial score (nSPS) is 14.6. The predicted octanol–water partition coefficient (Wildman–Crippen LogP) is 5.99. The van der Waals surface area contributed by atoms with E-state index < -0.39 is 58.2 Å². The summed E-state index contributed by atoms with van der Waals surface area (Å²) in [6.07, 6.45) is -10.3. The second kappa shape index (κ2) is 10.1. The number of fused-ring (bicyclic) bond motifs is 1. The van der Waals surface area contributed by atoms with Crippen molar-refractivity contribution in [3.05, 3.63) is 86.4 Å². The second-order valence-corrected chi connectivity index (χ2v) is 9.63. The van der Waals surface area contributed by atoms with Gasteiger partial charge in [0.25, 0.3) is 0 Å². The summed E-state index contributed by atoms with van der Waals surface area (Å²) in [5.74, 6) is -4.44. The summed E-state index contributed by atoms with van der Waals surface area (Å²) >= 11 is 6.26. The molecular weight excluding hydrogens is 584 g/mol. The van der Waals surface area contributed by atoms with Gasteiger partial charge in [0.1, 0.15) is 5.75 Å². The summed E-state index contributed by atoms with van der Waals surface area (Å²) in [5, 5.41) is 19.9. The third-order valence-electron chi connectivity index (χ3n) is 6.80. The van der Waals surface area contributed by atoms with Crippen LogP contribution in [0.25, 0.3) is 11.0 Å². The highest BCUT2D eigenvalue weighted by molar-refractivity contribution is 6.31. The van der Waals surface area contributed by atoms with Crippen molar-refractivity contribution in [3.63, 3.8) is 0 Å². The Morgan fingerprint density at radius 1 is 0.976 bits per heavy atom. The van der Waals surface area contributed by atoms with Gasteiger partial charge in [-0.25, -0.2) is 14.6 Å². The number of imidazole rings is 1. The van der Waals surface area contributed by atoms with Crippen molar-refractivity contribution in [2.75, 3.05) is 0 Å². The van der Waals surface area contributed by atoms with Gasteiger partial charge >= 0.3 is 24.0 Å². The number of halogens is 7. The van der Waals surface area contributed by atoms with Crippen molar-refractivity contribution in [2.24, 2.45) is 14.1 Å². The molecule has 2 aromatic carbocycles. The number of carbonyl (C=O) groups is 1. The molecule has 0 fully saturated rings. The van der Waals surface area contributed by atoms with Crippen LogP contribution in [0.15, 0.2) is 53.3 Å². The number of aromatic carboxylic acids is 1. The highest BCUT2D eigenvalue weighted by Gasteiger charge is 2.59. The van der Waals surface area contributed by atoms with Gasteiger partial charge in [-0.15, -0.1) is 0 Å². The van der Waals surface area contributed by atoms with E-state index in [0.717, 1.165) is 47.9 Å². The largest absolute Gasteiger partial charge is 0.478 e. The molecule has 218 valence electrons. The Bertz CT molecular complexity index is 1730. The van der Waals surface area contributed by atoms with Gasteiger partial charge in [-0.2, -0.15) is 26.3 Å². The molecule has 2 aromatic heterocycles. The maximum absolute atomic E-state index is 14.5. The molecule has 2 N–H and O–H groups in total. The molecule has 0 spiro atoms. The zero-order valence-electron chi connectivity index (χ0n) is 21.3. The van der Waals surface area contributed by atoms with Crippen molar-refractivity contribution in [1.82, 2.24) is 14.1 Å². The zero-order valence-corrected chi connectivity index (χ0v) is 22.1. The Labute approximate surface area is 232 Å². The quantitative estimate of drug-likeness (QED) is 0.262. The van der Waals surface area contributed by atoms with Gasteiger partial charge in [0.15, 0.2) is 11.3 Å². The Hall–Kier alpha value is -4.04. The zero-order chi connectivity index (χ0) is 30.7. The lowest BCUT2D eigenvalue weighted by molar-refractivity contribution is -0.274. The summed E-state index contributed by atoms with van der Waals surface area (Å²) in [7, 11) is 2.83. The number of hydrogen-bond acceptors (Lipinski definition) is 5. The average Bonchev–Trinajstić information content (AvgIpc) is 3.10. The van der Waals surface area contributed by atoms with Crippen LogP contribution in [0.1, 0.15) is 40.0 Å². The van der Waals surface area contributed by atoms with E-state index in [-0.39, 0.29) is 21.9 Å². The van der Waals surface area contributed by atoms with E-state index >= 15 is 0 Å². The predicted molar refractivity (Wildman–Crippen MR) is 134 cm³/mol. The Morgan fingerprint density at radius 2 is 1.61 bits per heavy atom. The van der Waals surface area contributed by atoms with Crippen molar-refractivity contribution < 1.29 is 46.1 Å². The summed E-state index contributed by atoms with van der Waals surface area (Å²) in [5.41, 5.74) is -7.00. The van der Waals surface area contributed by atoms with E-state index in [2.05, 4.69) is 4.98 Å². The van der Waals surface area contributed by atoms with Crippen molar-refractivity contribution in [3.8, 4) is 11.6 Å². The number of pyridine rings is 1. The molecule has 0 radical (unpaired) electrons. The molecule has 0 saturated heterocycles. The number of nitrogens with zero attached hydrogens (tertiary/aromatic N) is 3. The lowest BCUT2D eigenvalue weighted by atomic mass is 9.77. The number of hydrogen-bond donors (Lipinski definition) is 2. The third-order valence-corrected chi connectivity index (χ3v) is 7.13. The summed E-state index contributed by atoms with van der Waals surface area (Å²) in [4.78, 5) is 26.6. The number of alkyl halides is 6. The number of ether oxygens (including phenoxy) is 1. The maximum atomic E-state index is 14.5. The highest BCUT2D eigenvalue weighted by Crippen LogP contribution is 2.50. The number of aromatic nitrogens is 3.